The fourth-order valence-corrected chi connectivity index (χ4v) is 4.43. The van der Waals surface area contributed by atoms with Crippen LogP contribution in [0.25, 0.3) is 0 Å². The Labute approximate surface area is 168 Å². The van der Waals surface area contributed by atoms with Crippen LogP contribution in [0.15, 0.2) is 36.5 Å². The van der Waals surface area contributed by atoms with Crippen LogP contribution in [0.1, 0.15) is 88.7 Å². The summed E-state index contributed by atoms with van der Waals surface area (Å²) in [4.78, 5) is 13.2. The number of fused-ring (bicyclic) bond motifs is 1. The molecule has 0 saturated carbocycles. The number of rotatable bonds is 7. The number of hydrogen-bond acceptors (Lipinski definition) is 3. The van der Waals surface area contributed by atoms with E-state index in [0.717, 1.165) is 37.9 Å². The number of carbonyl (C=O) groups excluding carboxylic acids is 1. The first-order valence-corrected chi connectivity index (χ1v) is 10.6. The van der Waals surface area contributed by atoms with E-state index >= 15 is 0 Å². The number of carbonyl (C=O) groups is 1. The van der Waals surface area contributed by atoms with Gasteiger partial charge in [0.05, 0.1) is 17.8 Å². The SMILES string of the molecule is CCCC(CC)(CC)NC(=O)c1cnn2c1NC(c1ccccc1)CC2(C)C. The molecule has 5 heteroatoms. The Hall–Kier alpha value is -2.30. The summed E-state index contributed by atoms with van der Waals surface area (Å²) in [5, 5.41) is 11.5. The quantitative estimate of drug-likeness (QED) is 0.686. The molecular formula is C23H34N4O. The molecule has 1 unspecified atom stereocenters. The fraction of sp³-hybridized carbons (Fsp3) is 0.565. The Morgan fingerprint density at radius 3 is 2.54 bits per heavy atom. The Morgan fingerprint density at radius 2 is 1.93 bits per heavy atom. The Balaban J connectivity index is 1.92. The minimum absolute atomic E-state index is 0.0320. The maximum absolute atomic E-state index is 13.2. The second-order valence-electron chi connectivity index (χ2n) is 8.63. The van der Waals surface area contributed by atoms with Gasteiger partial charge in [0.25, 0.3) is 5.91 Å². The van der Waals surface area contributed by atoms with E-state index in [4.69, 9.17) is 0 Å². The lowest BCUT2D eigenvalue weighted by atomic mass is 9.87. The van der Waals surface area contributed by atoms with Crippen molar-refractivity contribution >= 4 is 11.7 Å². The molecule has 0 radical (unpaired) electrons. The highest BCUT2D eigenvalue weighted by Gasteiger charge is 2.37. The third-order valence-electron chi connectivity index (χ3n) is 6.26. The highest BCUT2D eigenvalue weighted by Crippen LogP contribution is 2.40. The minimum Gasteiger partial charge on any atom is -0.363 e. The van der Waals surface area contributed by atoms with Crippen molar-refractivity contribution in [2.45, 2.75) is 83.8 Å². The molecule has 1 aliphatic heterocycles. The van der Waals surface area contributed by atoms with Gasteiger partial charge in [-0.05, 0) is 45.1 Å². The summed E-state index contributed by atoms with van der Waals surface area (Å²) in [5.74, 6) is 0.788. The third-order valence-corrected chi connectivity index (χ3v) is 6.26. The molecule has 2 aromatic rings. The van der Waals surface area contributed by atoms with Crippen molar-refractivity contribution in [2.24, 2.45) is 0 Å². The van der Waals surface area contributed by atoms with Crippen molar-refractivity contribution < 1.29 is 4.79 Å². The lowest BCUT2D eigenvalue weighted by Crippen LogP contribution is -2.47. The zero-order chi connectivity index (χ0) is 20.4. The van der Waals surface area contributed by atoms with Crippen LogP contribution in [0.2, 0.25) is 0 Å². The van der Waals surface area contributed by atoms with E-state index in [1.807, 2.05) is 10.7 Å². The van der Waals surface area contributed by atoms with Gasteiger partial charge in [0.15, 0.2) is 0 Å². The maximum Gasteiger partial charge on any atom is 0.257 e. The van der Waals surface area contributed by atoms with Gasteiger partial charge in [0, 0.05) is 5.54 Å². The molecule has 0 saturated heterocycles. The maximum atomic E-state index is 13.2. The van der Waals surface area contributed by atoms with Crippen molar-refractivity contribution in [1.82, 2.24) is 15.1 Å². The number of anilines is 1. The highest BCUT2D eigenvalue weighted by atomic mass is 16.1. The molecule has 28 heavy (non-hydrogen) atoms. The molecule has 0 bridgehead atoms. The van der Waals surface area contributed by atoms with Crippen LogP contribution < -0.4 is 10.6 Å². The molecule has 5 nitrogen and oxygen atoms in total. The number of nitrogens with zero attached hydrogens (tertiary/aromatic N) is 2. The van der Waals surface area contributed by atoms with Gasteiger partial charge in [-0.1, -0.05) is 57.5 Å². The number of benzene rings is 1. The largest absolute Gasteiger partial charge is 0.363 e. The lowest BCUT2D eigenvalue weighted by molar-refractivity contribution is 0.0885. The molecule has 0 spiro atoms. The number of amides is 1. The number of hydrogen-bond donors (Lipinski definition) is 2. The standard InChI is InChI=1S/C23H34N4O/c1-6-14-23(7-2,8-3)26-21(28)18-16-24-27-20(18)25-19(15-22(27,4)5)17-12-10-9-11-13-17/h9-13,16,19,25H,6-8,14-15H2,1-5H3,(H,26,28). The van der Waals surface area contributed by atoms with Gasteiger partial charge in [0.2, 0.25) is 0 Å². The van der Waals surface area contributed by atoms with Crippen molar-refractivity contribution in [1.29, 1.82) is 0 Å². The molecular weight excluding hydrogens is 348 g/mol. The van der Waals surface area contributed by atoms with E-state index in [1.54, 1.807) is 6.20 Å². The van der Waals surface area contributed by atoms with Gasteiger partial charge < -0.3 is 10.6 Å². The summed E-state index contributed by atoms with van der Waals surface area (Å²) >= 11 is 0. The van der Waals surface area contributed by atoms with E-state index < -0.39 is 0 Å². The fourth-order valence-electron chi connectivity index (χ4n) is 4.43. The van der Waals surface area contributed by atoms with Gasteiger partial charge in [-0.3, -0.25) is 4.79 Å². The van der Waals surface area contributed by atoms with Gasteiger partial charge >= 0.3 is 0 Å². The Bertz CT molecular complexity index is 805. The zero-order valence-corrected chi connectivity index (χ0v) is 17.9. The van der Waals surface area contributed by atoms with Crippen LogP contribution in [0.4, 0.5) is 5.82 Å². The van der Waals surface area contributed by atoms with Crippen molar-refractivity contribution in [3.63, 3.8) is 0 Å². The molecule has 152 valence electrons. The van der Waals surface area contributed by atoms with E-state index in [2.05, 4.69) is 74.6 Å². The van der Waals surface area contributed by atoms with E-state index in [0.29, 0.717) is 5.56 Å². The average molecular weight is 383 g/mol. The lowest BCUT2D eigenvalue weighted by Gasteiger charge is -2.38. The molecule has 2 heterocycles. The minimum atomic E-state index is -0.171. The van der Waals surface area contributed by atoms with Gasteiger partial charge in [-0.2, -0.15) is 5.10 Å². The molecule has 3 rings (SSSR count). The monoisotopic (exact) mass is 382 g/mol. The van der Waals surface area contributed by atoms with Gasteiger partial charge in [-0.25, -0.2) is 4.68 Å². The molecule has 0 fully saturated rings. The number of nitrogens with one attached hydrogen (secondary N) is 2. The van der Waals surface area contributed by atoms with Crippen molar-refractivity contribution in [3.05, 3.63) is 47.7 Å². The van der Waals surface area contributed by atoms with Crippen molar-refractivity contribution in [3.8, 4) is 0 Å². The molecule has 1 atom stereocenters. The normalized spacial score (nSPS) is 18.2. The molecule has 1 aromatic heterocycles. The zero-order valence-electron chi connectivity index (χ0n) is 17.9. The summed E-state index contributed by atoms with van der Waals surface area (Å²) < 4.78 is 1.97. The van der Waals surface area contributed by atoms with Crippen LogP contribution in [-0.2, 0) is 5.54 Å². The molecule has 0 aliphatic carbocycles. The summed E-state index contributed by atoms with van der Waals surface area (Å²) in [6.07, 6.45) is 6.53. The average Bonchev–Trinajstić information content (AvgIpc) is 3.13. The predicted molar refractivity (Wildman–Crippen MR) is 115 cm³/mol. The summed E-state index contributed by atoms with van der Waals surface area (Å²) in [6.45, 7) is 10.8. The van der Waals surface area contributed by atoms with Gasteiger partial charge in [-0.15, -0.1) is 0 Å². The highest BCUT2D eigenvalue weighted by molar-refractivity contribution is 5.99. The van der Waals surface area contributed by atoms with Crippen LogP contribution in [0.5, 0.6) is 0 Å². The van der Waals surface area contributed by atoms with E-state index in [9.17, 15) is 4.79 Å². The Kier molecular flexibility index (Phi) is 5.82. The first-order chi connectivity index (χ1) is 13.4. The summed E-state index contributed by atoms with van der Waals surface area (Å²) in [7, 11) is 0. The van der Waals surface area contributed by atoms with Crippen LogP contribution in [0, 0.1) is 0 Å². The Morgan fingerprint density at radius 1 is 1.25 bits per heavy atom. The second-order valence-corrected chi connectivity index (χ2v) is 8.63. The molecule has 1 aliphatic rings. The second kappa shape index (κ2) is 7.98. The van der Waals surface area contributed by atoms with Crippen LogP contribution >= 0.6 is 0 Å². The number of aromatic nitrogens is 2. The van der Waals surface area contributed by atoms with Crippen LogP contribution in [0.3, 0.4) is 0 Å². The first-order valence-electron chi connectivity index (χ1n) is 10.6. The summed E-state index contributed by atoms with van der Waals surface area (Å²) in [6, 6.07) is 10.6. The molecule has 1 amide bonds. The van der Waals surface area contributed by atoms with Crippen molar-refractivity contribution in [2.75, 3.05) is 5.32 Å². The van der Waals surface area contributed by atoms with E-state index in [1.165, 1.54) is 5.56 Å². The first kappa shape index (κ1) is 20.4. The smallest absolute Gasteiger partial charge is 0.257 e. The van der Waals surface area contributed by atoms with Crippen LogP contribution in [-0.4, -0.2) is 21.2 Å². The summed E-state index contributed by atoms with van der Waals surface area (Å²) in [5.41, 5.74) is 1.55. The molecule has 2 N–H and O–H groups in total. The van der Waals surface area contributed by atoms with E-state index in [-0.39, 0.29) is 23.0 Å². The predicted octanol–water partition coefficient (Wildman–Crippen LogP) is 5.26. The molecule has 1 aromatic carbocycles. The topological polar surface area (TPSA) is 59.0 Å². The van der Waals surface area contributed by atoms with Gasteiger partial charge in [0.1, 0.15) is 11.4 Å². The third kappa shape index (κ3) is 3.80.